The molecule has 1 aliphatic heterocycles. The second-order valence-electron chi connectivity index (χ2n) is 6.52. The zero-order valence-corrected chi connectivity index (χ0v) is 18.7. The van der Waals surface area contributed by atoms with Crippen molar-refractivity contribution in [1.29, 1.82) is 0 Å². The van der Waals surface area contributed by atoms with Gasteiger partial charge in [0.2, 0.25) is 5.91 Å². The number of thioether (sulfide) groups is 1. The summed E-state index contributed by atoms with van der Waals surface area (Å²) >= 11 is 12.6. The van der Waals surface area contributed by atoms with Crippen LogP contribution in [0.3, 0.4) is 0 Å². The number of nitrogens with zero attached hydrogens (tertiary/aromatic N) is 1. The summed E-state index contributed by atoms with van der Waals surface area (Å²) in [7, 11) is 0. The van der Waals surface area contributed by atoms with Crippen LogP contribution in [0.15, 0.2) is 47.4 Å². The number of carbonyl (C=O) groups is 4. The van der Waals surface area contributed by atoms with Gasteiger partial charge in [-0.3, -0.25) is 24.1 Å². The molecule has 1 fully saturated rings. The van der Waals surface area contributed by atoms with E-state index in [0.717, 1.165) is 22.7 Å². The summed E-state index contributed by atoms with van der Waals surface area (Å²) in [6, 6.07) is 10.2. The molecule has 0 radical (unpaired) electrons. The molecule has 0 unspecified atom stereocenters. The molecule has 11 heteroatoms. The van der Waals surface area contributed by atoms with Crippen molar-refractivity contribution >= 4 is 64.0 Å². The largest absolute Gasteiger partial charge is 0.353 e. The van der Waals surface area contributed by atoms with Gasteiger partial charge in [0.05, 0.1) is 27.1 Å². The standard InChI is InChI=1S/C21H16Cl2FN3O4S/c22-14-6-5-12(9-15(14)23)10-17-20(30)27(21(31)32-17)8-7-25-18(28)11-26-19(29)13-3-1-2-4-16(13)24/h1-6,9-10H,7-8,11H2,(H,25,28)(H,26,29)/b17-10+. The summed E-state index contributed by atoms with van der Waals surface area (Å²) in [6.07, 6.45) is 1.53. The molecule has 166 valence electrons. The van der Waals surface area contributed by atoms with Gasteiger partial charge in [-0.2, -0.15) is 0 Å². The molecule has 2 N–H and O–H groups in total. The predicted octanol–water partition coefficient (Wildman–Crippen LogP) is 3.72. The van der Waals surface area contributed by atoms with E-state index in [1.54, 1.807) is 18.2 Å². The lowest BCUT2D eigenvalue weighted by molar-refractivity contribution is -0.124. The minimum atomic E-state index is -0.725. The van der Waals surface area contributed by atoms with Gasteiger partial charge < -0.3 is 10.6 Å². The van der Waals surface area contributed by atoms with E-state index >= 15 is 0 Å². The van der Waals surface area contributed by atoms with Gasteiger partial charge >= 0.3 is 0 Å². The highest BCUT2D eigenvalue weighted by Crippen LogP contribution is 2.33. The molecule has 0 bridgehead atoms. The third kappa shape index (κ3) is 5.87. The summed E-state index contributed by atoms with van der Waals surface area (Å²) < 4.78 is 13.6. The monoisotopic (exact) mass is 495 g/mol. The van der Waals surface area contributed by atoms with E-state index < -0.39 is 28.8 Å². The number of benzene rings is 2. The van der Waals surface area contributed by atoms with Crippen molar-refractivity contribution < 1.29 is 23.6 Å². The average molecular weight is 496 g/mol. The first-order valence-corrected chi connectivity index (χ1v) is 10.8. The highest BCUT2D eigenvalue weighted by Gasteiger charge is 2.34. The van der Waals surface area contributed by atoms with Gasteiger partial charge in [0.1, 0.15) is 5.82 Å². The molecule has 1 aliphatic rings. The third-order valence-corrected chi connectivity index (χ3v) is 5.95. The quantitative estimate of drug-likeness (QED) is 0.570. The van der Waals surface area contributed by atoms with Crippen LogP contribution in [0.5, 0.6) is 0 Å². The first-order valence-electron chi connectivity index (χ1n) is 9.26. The van der Waals surface area contributed by atoms with Gasteiger partial charge in [-0.1, -0.05) is 41.4 Å². The van der Waals surface area contributed by atoms with Crippen molar-refractivity contribution in [2.24, 2.45) is 0 Å². The van der Waals surface area contributed by atoms with Crippen LogP contribution in [0.2, 0.25) is 10.0 Å². The summed E-state index contributed by atoms with van der Waals surface area (Å²) in [5.74, 6) is -2.46. The Morgan fingerprint density at radius 2 is 1.81 bits per heavy atom. The highest BCUT2D eigenvalue weighted by atomic mass is 35.5. The molecule has 2 aromatic carbocycles. The Morgan fingerprint density at radius 1 is 1.06 bits per heavy atom. The molecule has 0 aliphatic carbocycles. The van der Waals surface area contributed by atoms with Crippen LogP contribution in [0, 0.1) is 5.82 Å². The fourth-order valence-electron chi connectivity index (χ4n) is 2.72. The fourth-order valence-corrected chi connectivity index (χ4v) is 3.89. The van der Waals surface area contributed by atoms with Gasteiger partial charge in [-0.25, -0.2) is 4.39 Å². The maximum absolute atomic E-state index is 13.6. The topological polar surface area (TPSA) is 95.6 Å². The second-order valence-corrected chi connectivity index (χ2v) is 8.33. The molecule has 4 amide bonds. The molecule has 1 saturated heterocycles. The van der Waals surface area contributed by atoms with Crippen LogP contribution >= 0.6 is 35.0 Å². The molecular weight excluding hydrogens is 480 g/mol. The van der Waals surface area contributed by atoms with Crippen molar-refractivity contribution in [3.05, 3.63) is 74.4 Å². The lowest BCUT2D eigenvalue weighted by Gasteiger charge is -2.13. The summed E-state index contributed by atoms with van der Waals surface area (Å²) in [5, 5.41) is 5.03. The van der Waals surface area contributed by atoms with Crippen LogP contribution in [0.1, 0.15) is 15.9 Å². The van der Waals surface area contributed by atoms with E-state index in [-0.39, 0.29) is 30.1 Å². The maximum Gasteiger partial charge on any atom is 0.293 e. The molecular formula is C21H16Cl2FN3O4S. The lowest BCUT2D eigenvalue weighted by Crippen LogP contribution is -2.41. The zero-order valence-electron chi connectivity index (χ0n) is 16.4. The van der Waals surface area contributed by atoms with Crippen molar-refractivity contribution in [1.82, 2.24) is 15.5 Å². The summed E-state index contributed by atoms with van der Waals surface area (Å²) in [5.41, 5.74) is 0.440. The highest BCUT2D eigenvalue weighted by molar-refractivity contribution is 8.18. The SMILES string of the molecule is O=C(CNC(=O)c1ccccc1F)NCCN1C(=O)S/C(=C/c2ccc(Cl)c(Cl)c2)C1=O. The molecule has 2 aromatic rings. The molecule has 0 atom stereocenters. The third-order valence-electron chi connectivity index (χ3n) is 4.30. The molecule has 0 saturated carbocycles. The number of rotatable bonds is 7. The predicted molar refractivity (Wildman–Crippen MR) is 121 cm³/mol. The number of halogens is 3. The maximum atomic E-state index is 13.6. The Kier molecular flexibility index (Phi) is 7.89. The molecule has 32 heavy (non-hydrogen) atoms. The normalized spacial score (nSPS) is 14.7. The van der Waals surface area contributed by atoms with Crippen molar-refractivity contribution in [3.63, 3.8) is 0 Å². The van der Waals surface area contributed by atoms with Crippen molar-refractivity contribution in [2.45, 2.75) is 0 Å². The Labute approximate surface area is 196 Å². The second kappa shape index (κ2) is 10.6. The Hall–Kier alpha value is -2.88. The summed E-state index contributed by atoms with van der Waals surface area (Å²) in [4.78, 5) is 49.7. The Bertz CT molecular complexity index is 1130. The first-order chi connectivity index (χ1) is 15.3. The van der Waals surface area contributed by atoms with Gasteiger partial charge in [-0.15, -0.1) is 0 Å². The van der Waals surface area contributed by atoms with E-state index in [4.69, 9.17) is 23.2 Å². The van der Waals surface area contributed by atoms with Gasteiger partial charge in [0.25, 0.3) is 17.1 Å². The van der Waals surface area contributed by atoms with Crippen LogP contribution in [-0.4, -0.2) is 47.5 Å². The Morgan fingerprint density at radius 3 is 2.53 bits per heavy atom. The van der Waals surface area contributed by atoms with Crippen LogP contribution in [-0.2, 0) is 9.59 Å². The van der Waals surface area contributed by atoms with Gasteiger partial charge in [0, 0.05) is 13.1 Å². The van der Waals surface area contributed by atoms with E-state index in [2.05, 4.69) is 10.6 Å². The van der Waals surface area contributed by atoms with E-state index in [1.165, 1.54) is 24.3 Å². The minimum Gasteiger partial charge on any atom is -0.353 e. The first kappa shape index (κ1) is 23.8. The van der Waals surface area contributed by atoms with Gasteiger partial charge in [-0.05, 0) is 47.7 Å². The molecule has 3 rings (SSSR count). The zero-order chi connectivity index (χ0) is 23.3. The van der Waals surface area contributed by atoms with Crippen LogP contribution < -0.4 is 10.6 Å². The van der Waals surface area contributed by atoms with Crippen LogP contribution in [0.4, 0.5) is 9.18 Å². The summed E-state index contributed by atoms with van der Waals surface area (Å²) in [6.45, 7) is -0.435. The van der Waals surface area contributed by atoms with Gasteiger partial charge in [0.15, 0.2) is 0 Å². The van der Waals surface area contributed by atoms with Crippen molar-refractivity contribution in [2.75, 3.05) is 19.6 Å². The smallest absolute Gasteiger partial charge is 0.293 e. The Balaban J connectivity index is 1.48. The van der Waals surface area contributed by atoms with E-state index in [9.17, 15) is 23.6 Å². The van der Waals surface area contributed by atoms with Crippen molar-refractivity contribution in [3.8, 4) is 0 Å². The number of amides is 4. The number of imide groups is 1. The number of hydrogen-bond acceptors (Lipinski definition) is 5. The number of carbonyl (C=O) groups excluding carboxylic acids is 4. The number of hydrogen-bond donors (Lipinski definition) is 2. The lowest BCUT2D eigenvalue weighted by atomic mass is 10.2. The molecule has 1 heterocycles. The average Bonchev–Trinajstić information content (AvgIpc) is 3.02. The molecule has 7 nitrogen and oxygen atoms in total. The van der Waals surface area contributed by atoms with E-state index in [0.29, 0.717) is 15.6 Å². The van der Waals surface area contributed by atoms with E-state index in [1.807, 2.05) is 0 Å². The molecule has 0 spiro atoms. The fraction of sp³-hybridized carbons (Fsp3) is 0.143. The number of nitrogens with one attached hydrogen (secondary N) is 2. The molecule has 0 aromatic heterocycles. The minimum absolute atomic E-state index is 0.00745. The van der Waals surface area contributed by atoms with Crippen LogP contribution in [0.25, 0.3) is 6.08 Å².